The van der Waals surface area contributed by atoms with Crippen LogP contribution in [0.1, 0.15) is 117 Å². The zero-order chi connectivity index (χ0) is 32.4. The third-order valence-electron chi connectivity index (χ3n) is 12.0. The minimum atomic E-state index is -0.183. The first kappa shape index (κ1) is 37.6. The molecule has 0 spiro atoms. The van der Waals surface area contributed by atoms with Crippen molar-refractivity contribution in [3.8, 4) is 0 Å². The number of nitrogens with zero attached hydrogens (tertiary/aromatic N) is 4. The topological polar surface area (TPSA) is 65.6 Å². The zero-order valence-corrected chi connectivity index (χ0v) is 29.9. The molecule has 0 bridgehead atoms. The summed E-state index contributed by atoms with van der Waals surface area (Å²) in [5, 5.41) is 0. The predicted molar refractivity (Wildman–Crippen MR) is 187 cm³/mol. The van der Waals surface area contributed by atoms with Gasteiger partial charge in [-0.25, -0.2) is 0 Å². The van der Waals surface area contributed by atoms with E-state index in [1.54, 1.807) is 0 Å². The molecular formula is C38H70N4O4. The molecular weight excluding hydrogens is 576 g/mol. The molecule has 0 aromatic heterocycles. The Morgan fingerprint density at radius 3 is 1.04 bits per heavy atom. The first-order valence-electron chi connectivity index (χ1n) is 19.7. The number of carbonyl (C=O) groups is 2. The normalized spacial score (nSPS) is 22.7. The quantitative estimate of drug-likeness (QED) is 0.124. The molecule has 8 nitrogen and oxygen atoms in total. The van der Waals surface area contributed by atoms with Gasteiger partial charge in [-0.05, 0) is 140 Å². The fourth-order valence-electron chi connectivity index (χ4n) is 8.52. The van der Waals surface area contributed by atoms with E-state index in [2.05, 4.69) is 33.4 Å². The molecule has 0 aromatic carbocycles. The summed E-state index contributed by atoms with van der Waals surface area (Å²) in [5.41, 5.74) is 0. The Morgan fingerprint density at radius 2 is 0.761 bits per heavy atom. The van der Waals surface area contributed by atoms with Crippen LogP contribution in [0.2, 0.25) is 0 Å². The first-order chi connectivity index (χ1) is 22.5. The van der Waals surface area contributed by atoms with Gasteiger partial charge in [-0.3, -0.25) is 9.59 Å². The largest absolute Gasteiger partial charge is 0.462 e. The van der Waals surface area contributed by atoms with Crippen LogP contribution in [0.5, 0.6) is 0 Å². The molecule has 0 aromatic rings. The molecule has 0 unspecified atom stereocenters. The van der Waals surface area contributed by atoms with Crippen LogP contribution in [0.4, 0.5) is 0 Å². The molecule has 4 saturated heterocycles. The van der Waals surface area contributed by atoms with Crippen molar-refractivity contribution >= 4 is 11.9 Å². The molecule has 0 amide bonds. The van der Waals surface area contributed by atoms with Gasteiger partial charge in [0.1, 0.15) is 13.2 Å². The highest BCUT2D eigenvalue weighted by molar-refractivity contribution is 5.70. The molecule has 4 aliphatic heterocycles. The van der Waals surface area contributed by atoms with E-state index in [0.29, 0.717) is 12.8 Å². The van der Waals surface area contributed by atoms with Crippen LogP contribution in [0, 0.1) is 23.7 Å². The van der Waals surface area contributed by atoms with Crippen molar-refractivity contribution in [1.82, 2.24) is 19.6 Å². The van der Waals surface area contributed by atoms with Crippen molar-refractivity contribution < 1.29 is 19.1 Å². The van der Waals surface area contributed by atoms with Crippen molar-refractivity contribution in [3.63, 3.8) is 0 Å². The Hall–Kier alpha value is -1.22. The second-order valence-corrected chi connectivity index (χ2v) is 15.1. The van der Waals surface area contributed by atoms with E-state index in [-0.39, 0.29) is 25.2 Å². The van der Waals surface area contributed by atoms with Gasteiger partial charge in [-0.1, -0.05) is 52.4 Å². The van der Waals surface area contributed by atoms with E-state index >= 15 is 0 Å². The Kier molecular flexibility index (Phi) is 17.7. The van der Waals surface area contributed by atoms with Crippen molar-refractivity contribution in [2.24, 2.45) is 23.7 Å². The average Bonchev–Trinajstić information content (AvgIpc) is 3.10. The third kappa shape index (κ3) is 14.5. The fraction of sp³-hybridized carbons (Fsp3) is 0.947. The molecule has 4 fully saturated rings. The Morgan fingerprint density at radius 1 is 0.478 bits per heavy atom. The first-order valence-corrected chi connectivity index (χ1v) is 19.7. The molecule has 4 heterocycles. The van der Waals surface area contributed by atoms with Gasteiger partial charge in [0.05, 0.1) is 12.8 Å². The van der Waals surface area contributed by atoms with Crippen molar-refractivity contribution in [2.75, 3.05) is 91.8 Å². The lowest BCUT2D eigenvalue weighted by atomic mass is 9.87. The van der Waals surface area contributed by atoms with E-state index in [1.165, 1.54) is 129 Å². The summed E-state index contributed by atoms with van der Waals surface area (Å²) >= 11 is 0. The lowest BCUT2D eigenvalue weighted by Crippen LogP contribution is -2.36. The molecule has 8 heteroatoms. The maximum atomic E-state index is 12.3. The molecule has 4 aliphatic rings. The number of rotatable bonds is 19. The number of hydrogen-bond acceptors (Lipinski definition) is 8. The second-order valence-electron chi connectivity index (χ2n) is 15.1. The highest BCUT2D eigenvalue weighted by Gasteiger charge is 2.23. The molecule has 4 rings (SSSR count). The molecule has 0 radical (unpaired) electrons. The van der Waals surface area contributed by atoms with Gasteiger partial charge in [0.25, 0.3) is 0 Å². The maximum Gasteiger partial charge on any atom is 0.307 e. The van der Waals surface area contributed by atoms with Gasteiger partial charge in [0, 0.05) is 13.1 Å². The summed E-state index contributed by atoms with van der Waals surface area (Å²) in [6.45, 7) is 18.4. The SMILES string of the molecule is CCN1CCC(CCCC2CCN(CCC(=O)OCCOC(=O)CCN3CCC(CCCC4CCN(CC)CC4)CC3)CC2)CC1. The highest BCUT2D eigenvalue weighted by atomic mass is 16.6. The minimum absolute atomic E-state index is 0.160. The number of esters is 2. The Bertz CT molecular complexity index is 759. The van der Waals surface area contributed by atoms with Gasteiger partial charge in [-0.15, -0.1) is 0 Å². The smallest absolute Gasteiger partial charge is 0.307 e. The Labute approximate surface area is 282 Å². The summed E-state index contributed by atoms with van der Waals surface area (Å²) in [6, 6.07) is 0. The number of piperidine rings is 4. The summed E-state index contributed by atoms with van der Waals surface area (Å²) < 4.78 is 10.7. The van der Waals surface area contributed by atoms with Gasteiger partial charge in [0.2, 0.25) is 0 Å². The summed E-state index contributed by atoms with van der Waals surface area (Å²) in [7, 11) is 0. The van der Waals surface area contributed by atoms with Gasteiger partial charge >= 0.3 is 11.9 Å². The number of hydrogen-bond donors (Lipinski definition) is 0. The van der Waals surface area contributed by atoms with Crippen LogP contribution < -0.4 is 0 Å². The van der Waals surface area contributed by atoms with E-state index in [9.17, 15) is 9.59 Å². The number of carbonyl (C=O) groups excluding carboxylic acids is 2. The van der Waals surface area contributed by atoms with Crippen LogP contribution in [0.25, 0.3) is 0 Å². The highest BCUT2D eigenvalue weighted by Crippen LogP contribution is 2.28. The third-order valence-corrected chi connectivity index (χ3v) is 12.0. The van der Waals surface area contributed by atoms with Gasteiger partial charge in [-0.2, -0.15) is 0 Å². The van der Waals surface area contributed by atoms with Gasteiger partial charge < -0.3 is 29.1 Å². The molecule has 266 valence electrons. The van der Waals surface area contributed by atoms with E-state index < -0.39 is 0 Å². The van der Waals surface area contributed by atoms with Crippen LogP contribution in [-0.2, 0) is 19.1 Å². The molecule has 0 saturated carbocycles. The molecule has 0 N–H and O–H groups in total. The number of likely N-dealkylation sites (tertiary alicyclic amines) is 4. The van der Waals surface area contributed by atoms with Crippen LogP contribution in [0.15, 0.2) is 0 Å². The second kappa shape index (κ2) is 21.7. The predicted octanol–water partition coefficient (Wildman–Crippen LogP) is 6.08. The fourth-order valence-corrected chi connectivity index (χ4v) is 8.52. The molecule has 46 heavy (non-hydrogen) atoms. The molecule has 0 aliphatic carbocycles. The standard InChI is InChI=1S/C38H70N4O4/c1-3-39-21-11-33(12-22-39)7-5-9-35-15-25-41(26-16-35)29-19-37(43)45-31-32-46-38(44)20-30-42-27-17-36(18-28-42)10-6-8-34-13-23-40(4-2)24-14-34/h33-36H,3-32H2,1-2H3. The lowest BCUT2D eigenvalue weighted by molar-refractivity contribution is -0.152. The molecule has 0 atom stereocenters. The van der Waals surface area contributed by atoms with Crippen LogP contribution >= 0.6 is 0 Å². The maximum absolute atomic E-state index is 12.3. The summed E-state index contributed by atoms with van der Waals surface area (Å²) in [5.74, 6) is 3.24. The average molecular weight is 647 g/mol. The van der Waals surface area contributed by atoms with E-state index in [4.69, 9.17) is 9.47 Å². The number of ether oxygens (including phenoxy) is 2. The van der Waals surface area contributed by atoms with Crippen molar-refractivity contribution in [2.45, 2.75) is 117 Å². The van der Waals surface area contributed by atoms with Crippen LogP contribution in [-0.4, -0.2) is 123 Å². The summed E-state index contributed by atoms with van der Waals surface area (Å²) in [4.78, 5) is 34.5. The van der Waals surface area contributed by atoms with Crippen LogP contribution in [0.3, 0.4) is 0 Å². The van der Waals surface area contributed by atoms with E-state index in [1.807, 2.05) is 0 Å². The van der Waals surface area contributed by atoms with E-state index in [0.717, 1.165) is 62.9 Å². The van der Waals surface area contributed by atoms with Crippen molar-refractivity contribution in [1.29, 1.82) is 0 Å². The summed E-state index contributed by atoms with van der Waals surface area (Å²) in [6.07, 6.45) is 19.8. The Balaban J connectivity index is 0.916. The zero-order valence-electron chi connectivity index (χ0n) is 29.9. The lowest BCUT2D eigenvalue weighted by Gasteiger charge is -2.33. The monoisotopic (exact) mass is 647 g/mol. The minimum Gasteiger partial charge on any atom is -0.462 e. The van der Waals surface area contributed by atoms with Crippen molar-refractivity contribution in [3.05, 3.63) is 0 Å². The van der Waals surface area contributed by atoms with Gasteiger partial charge in [0.15, 0.2) is 0 Å².